The first-order chi connectivity index (χ1) is 10.1. The summed E-state index contributed by atoms with van der Waals surface area (Å²) >= 11 is 0. The van der Waals surface area contributed by atoms with E-state index in [1.165, 1.54) is 5.39 Å². The number of H-pyrrole nitrogens is 1. The third-order valence-electron chi connectivity index (χ3n) is 4.07. The van der Waals surface area contributed by atoms with Crippen LogP contribution in [0.4, 0.5) is 0 Å². The van der Waals surface area contributed by atoms with Crippen LogP contribution in [-0.2, 0) is 11.2 Å². The number of carbonyl (C=O) groups excluding carboxylic acids is 1. The van der Waals surface area contributed by atoms with E-state index in [4.69, 9.17) is 0 Å². The fourth-order valence-corrected chi connectivity index (χ4v) is 2.30. The highest BCUT2D eigenvalue weighted by molar-refractivity contribution is 5.80. The van der Waals surface area contributed by atoms with Crippen LogP contribution in [0.25, 0.3) is 10.9 Å². The molecule has 0 saturated carbocycles. The number of amides is 1. The van der Waals surface area contributed by atoms with E-state index in [2.05, 4.69) is 16.4 Å². The number of benzene rings is 1. The second-order valence-electron chi connectivity index (χ2n) is 5.66. The third-order valence-corrected chi connectivity index (χ3v) is 4.07. The normalized spacial score (nSPS) is 14.0. The van der Waals surface area contributed by atoms with Crippen LogP contribution < -0.4 is 5.32 Å². The number of hydrogen-bond acceptors (Lipinski definition) is 2. The maximum atomic E-state index is 11.8. The van der Waals surface area contributed by atoms with Gasteiger partial charge in [-0.15, -0.1) is 0 Å². The molecular formula is C17H24N2O2. The van der Waals surface area contributed by atoms with E-state index >= 15 is 0 Å². The molecular weight excluding hydrogens is 264 g/mol. The van der Waals surface area contributed by atoms with Gasteiger partial charge in [0.2, 0.25) is 5.91 Å². The fourth-order valence-electron chi connectivity index (χ4n) is 2.30. The molecule has 3 N–H and O–H groups in total. The minimum absolute atomic E-state index is 0.00785. The molecule has 114 valence electrons. The van der Waals surface area contributed by atoms with Gasteiger partial charge in [0.1, 0.15) is 0 Å². The first-order valence-corrected chi connectivity index (χ1v) is 7.61. The molecule has 21 heavy (non-hydrogen) atoms. The molecule has 0 saturated heterocycles. The number of hydrogen-bond donors (Lipinski definition) is 3. The number of carbonyl (C=O) groups is 1. The number of fused-ring (bicyclic) bond motifs is 1. The zero-order chi connectivity index (χ0) is 15.2. The van der Waals surface area contributed by atoms with E-state index in [0.717, 1.165) is 17.5 Å². The Hall–Kier alpha value is -1.81. The van der Waals surface area contributed by atoms with Crippen molar-refractivity contribution in [3.63, 3.8) is 0 Å². The molecule has 0 radical (unpaired) electrons. The molecule has 2 atom stereocenters. The quantitative estimate of drug-likeness (QED) is 0.733. The van der Waals surface area contributed by atoms with Gasteiger partial charge >= 0.3 is 0 Å². The van der Waals surface area contributed by atoms with Crippen LogP contribution in [0, 0.1) is 5.92 Å². The Kier molecular flexibility index (Phi) is 5.39. The van der Waals surface area contributed by atoms with Gasteiger partial charge in [0, 0.05) is 24.7 Å². The summed E-state index contributed by atoms with van der Waals surface area (Å²) in [7, 11) is 0. The van der Waals surface area contributed by atoms with Crippen molar-refractivity contribution < 1.29 is 9.90 Å². The molecule has 2 aromatic rings. The largest absolute Gasteiger partial charge is 0.391 e. The van der Waals surface area contributed by atoms with E-state index in [1.54, 1.807) is 0 Å². The lowest BCUT2D eigenvalue weighted by Gasteiger charge is -2.17. The Morgan fingerprint density at radius 2 is 2.19 bits per heavy atom. The second kappa shape index (κ2) is 7.27. The molecule has 2 unspecified atom stereocenters. The first-order valence-electron chi connectivity index (χ1n) is 7.61. The van der Waals surface area contributed by atoms with Crippen molar-refractivity contribution in [3.05, 3.63) is 36.0 Å². The monoisotopic (exact) mass is 288 g/mol. The average Bonchev–Trinajstić information content (AvgIpc) is 2.97. The Labute approximate surface area is 125 Å². The van der Waals surface area contributed by atoms with Crippen molar-refractivity contribution in [2.24, 2.45) is 5.92 Å². The first kappa shape index (κ1) is 15.6. The Balaban J connectivity index is 1.78. The van der Waals surface area contributed by atoms with Crippen molar-refractivity contribution in [1.29, 1.82) is 0 Å². The minimum Gasteiger partial charge on any atom is -0.391 e. The number of aliphatic hydroxyl groups is 1. The Bertz CT molecular complexity index is 591. The Morgan fingerprint density at radius 1 is 1.38 bits per heavy atom. The van der Waals surface area contributed by atoms with Gasteiger partial charge in [0.25, 0.3) is 0 Å². The van der Waals surface area contributed by atoms with Gasteiger partial charge in [-0.2, -0.15) is 0 Å². The molecule has 1 aromatic carbocycles. The van der Waals surface area contributed by atoms with Crippen LogP contribution in [0.2, 0.25) is 0 Å². The molecule has 2 rings (SSSR count). The molecule has 1 heterocycles. The topological polar surface area (TPSA) is 65.1 Å². The van der Waals surface area contributed by atoms with E-state index in [1.807, 2.05) is 38.2 Å². The van der Waals surface area contributed by atoms with Crippen LogP contribution in [0.1, 0.15) is 32.3 Å². The summed E-state index contributed by atoms with van der Waals surface area (Å²) in [5.41, 5.74) is 2.26. The number of aromatic amines is 1. The SMILES string of the molecule is CCC(C)C(O)CNC(=O)CCc1ccc2[nH]ccc2c1. The number of aromatic nitrogens is 1. The summed E-state index contributed by atoms with van der Waals surface area (Å²) in [4.78, 5) is 15.0. The number of aliphatic hydroxyl groups excluding tert-OH is 1. The van der Waals surface area contributed by atoms with E-state index < -0.39 is 6.10 Å². The lowest BCUT2D eigenvalue weighted by atomic mass is 10.0. The number of aryl methyl sites for hydroxylation is 1. The highest BCUT2D eigenvalue weighted by atomic mass is 16.3. The van der Waals surface area contributed by atoms with Crippen LogP contribution in [0.3, 0.4) is 0 Å². The van der Waals surface area contributed by atoms with Gasteiger partial charge in [0.05, 0.1) is 6.10 Å². The van der Waals surface area contributed by atoms with Crippen molar-refractivity contribution in [1.82, 2.24) is 10.3 Å². The van der Waals surface area contributed by atoms with Crippen LogP contribution in [0.15, 0.2) is 30.5 Å². The lowest BCUT2D eigenvalue weighted by molar-refractivity contribution is -0.121. The number of rotatable bonds is 7. The van der Waals surface area contributed by atoms with Crippen molar-refractivity contribution in [2.45, 2.75) is 39.2 Å². The van der Waals surface area contributed by atoms with Crippen LogP contribution in [-0.4, -0.2) is 28.6 Å². The van der Waals surface area contributed by atoms with Crippen LogP contribution >= 0.6 is 0 Å². The molecule has 0 fully saturated rings. The van der Waals surface area contributed by atoms with Gasteiger partial charge in [-0.25, -0.2) is 0 Å². The van der Waals surface area contributed by atoms with Gasteiger partial charge in [-0.3, -0.25) is 4.79 Å². The molecule has 0 aliphatic carbocycles. The molecule has 4 heteroatoms. The smallest absolute Gasteiger partial charge is 0.220 e. The van der Waals surface area contributed by atoms with Crippen molar-refractivity contribution in [3.8, 4) is 0 Å². The van der Waals surface area contributed by atoms with Crippen molar-refractivity contribution >= 4 is 16.8 Å². The summed E-state index contributed by atoms with van der Waals surface area (Å²) in [6, 6.07) is 8.21. The standard InChI is InChI=1S/C17H24N2O2/c1-3-12(2)16(20)11-19-17(21)7-5-13-4-6-15-14(10-13)8-9-18-15/h4,6,8-10,12,16,18,20H,3,5,7,11H2,1-2H3,(H,19,21). The average molecular weight is 288 g/mol. The molecule has 0 aliphatic rings. The molecule has 0 aliphatic heterocycles. The summed E-state index contributed by atoms with van der Waals surface area (Å²) in [6.45, 7) is 4.36. The fraction of sp³-hybridized carbons (Fsp3) is 0.471. The second-order valence-corrected chi connectivity index (χ2v) is 5.66. The molecule has 1 aromatic heterocycles. The zero-order valence-corrected chi connectivity index (χ0v) is 12.7. The predicted octanol–water partition coefficient (Wildman–Crippen LogP) is 2.62. The molecule has 4 nitrogen and oxygen atoms in total. The van der Waals surface area contributed by atoms with Gasteiger partial charge < -0.3 is 15.4 Å². The summed E-state index contributed by atoms with van der Waals surface area (Å²) in [5.74, 6) is 0.202. The predicted molar refractivity (Wildman–Crippen MR) is 85.1 cm³/mol. The van der Waals surface area contributed by atoms with E-state index in [0.29, 0.717) is 19.4 Å². The maximum Gasteiger partial charge on any atom is 0.220 e. The molecule has 0 bridgehead atoms. The summed E-state index contributed by atoms with van der Waals surface area (Å²) in [6.07, 6.45) is 3.52. The molecule has 0 spiro atoms. The van der Waals surface area contributed by atoms with Gasteiger partial charge in [0.15, 0.2) is 0 Å². The highest BCUT2D eigenvalue weighted by Crippen LogP contribution is 2.15. The van der Waals surface area contributed by atoms with Crippen molar-refractivity contribution in [2.75, 3.05) is 6.54 Å². The summed E-state index contributed by atoms with van der Waals surface area (Å²) in [5, 5.41) is 13.8. The maximum absolute atomic E-state index is 11.8. The highest BCUT2D eigenvalue weighted by Gasteiger charge is 2.13. The zero-order valence-electron chi connectivity index (χ0n) is 12.7. The Morgan fingerprint density at radius 3 is 2.95 bits per heavy atom. The molecule has 1 amide bonds. The van der Waals surface area contributed by atoms with E-state index in [9.17, 15) is 9.90 Å². The van der Waals surface area contributed by atoms with Crippen LogP contribution in [0.5, 0.6) is 0 Å². The third kappa shape index (κ3) is 4.33. The van der Waals surface area contributed by atoms with Gasteiger partial charge in [-0.05, 0) is 41.5 Å². The summed E-state index contributed by atoms with van der Waals surface area (Å²) < 4.78 is 0. The van der Waals surface area contributed by atoms with E-state index in [-0.39, 0.29) is 11.8 Å². The lowest BCUT2D eigenvalue weighted by Crippen LogP contribution is -2.35. The van der Waals surface area contributed by atoms with Gasteiger partial charge in [-0.1, -0.05) is 26.3 Å². The number of nitrogens with one attached hydrogen (secondary N) is 2. The minimum atomic E-state index is -0.463.